The highest BCUT2D eigenvalue weighted by atomic mass is 15.1. The molecule has 1 unspecified atom stereocenters. The van der Waals surface area contributed by atoms with Gasteiger partial charge >= 0.3 is 0 Å². The zero-order valence-corrected chi connectivity index (χ0v) is 50.2. The molecule has 5 aromatic heterocycles. The Balaban J connectivity index is 0.789. The zero-order chi connectivity index (χ0) is 60.3. The lowest BCUT2D eigenvalue weighted by molar-refractivity contribution is 0.763. The fraction of sp³-hybridized carbons (Fsp3) is 0.0482. The number of rotatable bonds is 10. The molecule has 12 aromatic carbocycles. The normalized spacial score (nSPS) is 13.6. The summed E-state index contributed by atoms with van der Waals surface area (Å²) in [5.41, 5.74) is 25.2. The van der Waals surface area contributed by atoms with Gasteiger partial charge in [-0.2, -0.15) is 0 Å². The first-order valence-corrected chi connectivity index (χ1v) is 31.3. The van der Waals surface area contributed by atoms with E-state index in [1.807, 2.05) is 0 Å². The molecule has 0 fully saturated rings. The summed E-state index contributed by atoms with van der Waals surface area (Å²) >= 11 is 0. The van der Waals surface area contributed by atoms with Gasteiger partial charge in [-0.25, -0.2) is 15.0 Å². The number of aryl methyl sites for hydroxylation is 2. The maximum Gasteiger partial charge on any atom is 0.145 e. The number of hydrogen-bond acceptors (Lipinski definition) is 3. The van der Waals surface area contributed by atoms with Gasteiger partial charge in [0.05, 0.1) is 55.2 Å². The Morgan fingerprint density at radius 3 is 1.32 bits per heavy atom. The summed E-state index contributed by atoms with van der Waals surface area (Å²) in [4.78, 5) is 16.9. The predicted octanol–water partition coefficient (Wildman–Crippen LogP) is 20.5. The Labute approximate surface area is 525 Å². The second-order valence-corrected chi connectivity index (χ2v) is 24.1. The van der Waals surface area contributed by atoms with Crippen molar-refractivity contribution in [2.75, 3.05) is 0 Å². The van der Waals surface area contributed by atoms with Crippen LogP contribution in [0.3, 0.4) is 0 Å². The van der Waals surface area contributed by atoms with Crippen molar-refractivity contribution in [3.05, 3.63) is 326 Å². The van der Waals surface area contributed by atoms with Crippen molar-refractivity contribution in [1.82, 2.24) is 37.8 Å². The second kappa shape index (κ2) is 20.9. The molecule has 17 aromatic rings. The summed E-state index contributed by atoms with van der Waals surface area (Å²) in [5.74, 6) is 2.46. The number of hydrogen-bond donors (Lipinski definition) is 0. The molecule has 8 heteroatoms. The lowest BCUT2D eigenvalue weighted by Crippen LogP contribution is -2.13. The Morgan fingerprint density at radius 2 is 0.769 bits per heavy atom. The van der Waals surface area contributed by atoms with Gasteiger partial charge in [0, 0.05) is 67.0 Å². The number of benzene rings is 12. The molecule has 0 saturated heterocycles. The first kappa shape index (κ1) is 52.3. The summed E-state index contributed by atoms with van der Waals surface area (Å²) in [6.07, 6.45) is 5.36. The quantitative estimate of drug-likeness (QED) is 0.137. The van der Waals surface area contributed by atoms with E-state index in [4.69, 9.17) is 15.0 Å². The fourth-order valence-corrected chi connectivity index (χ4v) is 14.6. The third-order valence-corrected chi connectivity index (χ3v) is 18.7. The first-order valence-electron chi connectivity index (χ1n) is 31.3. The minimum atomic E-state index is -0.221. The fourth-order valence-electron chi connectivity index (χ4n) is 14.6. The number of allylic oxidation sites excluding steroid dienone is 4. The summed E-state index contributed by atoms with van der Waals surface area (Å²) in [7, 11) is 0. The van der Waals surface area contributed by atoms with Crippen LogP contribution in [0.5, 0.6) is 0 Å². The van der Waals surface area contributed by atoms with Crippen molar-refractivity contribution in [3.8, 4) is 50.7 Å². The van der Waals surface area contributed by atoms with Gasteiger partial charge in [0.2, 0.25) is 0 Å². The molecule has 8 nitrogen and oxygen atoms in total. The van der Waals surface area contributed by atoms with Gasteiger partial charge < -0.3 is 9.13 Å². The van der Waals surface area contributed by atoms with E-state index in [0.29, 0.717) is 6.42 Å². The molecule has 0 amide bonds. The van der Waals surface area contributed by atoms with E-state index in [-0.39, 0.29) is 5.92 Å². The number of aromatic nitrogens is 8. The lowest BCUT2D eigenvalue weighted by atomic mass is 9.88. The maximum atomic E-state index is 5.93. The lowest BCUT2D eigenvalue weighted by Gasteiger charge is -2.24. The van der Waals surface area contributed by atoms with Crippen molar-refractivity contribution in [1.29, 1.82) is 0 Å². The Hall–Kier alpha value is -11.9. The van der Waals surface area contributed by atoms with Gasteiger partial charge in [0.1, 0.15) is 17.5 Å². The molecular formula is C83H58N8. The minimum absolute atomic E-state index is 0.221. The van der Waals surface area contributed by atoms with Gasteiger partial charge in [-0.3, -0.25) is 13.7 Å². The predicted molar refractivity (Wildman–Crippen MR) is 376 cm³/mol. The molecule has 0 spiro atoms. The van der Waals surface area contributed by atoms with Crippen LogP contribution in [0.1, 0.15) is 40.9 Å². The van der Waals surface area contributed by atoms with Crippen LogP contribution >= 0.6 is 0 Å². The average Bonchev–Trinajstić information content (AvgIpc) is 1.71. The molecular weight excluding hydrogens is 1110 g/mol. The molecule has 5 heterocycles. The van der Waals surface area contributed by atoms with E-state index < -0.39 is 0 Å². The standard InChI is InChI=1S/C83H58N8/c1-53-47-62(87-73-35-17-12-29-67(73)68-30-13-18-36-74(68)87)42-45-64(53)65-46-43-63(48-54(65)2)88-75-37-19-14-31-69(75)70-44-41-55(52-79(70)88)66-32-22-40-78-80(66)86-83(91(78)61-27-10-5-11-28-61)58-50-56(81-84-71-33-15-20-38-76(71)89(81)59-23-6-3-7-24-59)49-57(51-58)82-85-72-34-16-21-39-77(72)90(82)60-25-8-4-9-26-60/h3-50,52,58H,51H2,1-2H3. The van der Waals surface area contributed by atoms with Crippen molar-refractivity contribution in [3.63, 3.8) is 0 Å². The van der Waals surface area contributed by atoms with Crippen LogP contribution in [0, 0.1) is 13.8 Å². The van der Waals surface area contributed by atoms with Crippen molar-refractivity contribution >= 4 is 87.9 Å². The van der Waals surface area contributed by atoms with Gasteiger partial charge in [-0.05, 0) is 175 Å². The smallest absolute Gasteiger partial charge is 0.145 e. The summed E-state index contributed by atoms with van der Waals surface area (Å²) in [6, 6.07) is 103. The molecule has 0 aliphatic heterocycles. The van der Waals surface area contributed by atoms with E-state index in [0.717, 1.165) is 112 Å². The second-order valence-electron chi connectivity index (χ2n) is 24.1. The van der Waals surface area contributed by atoms with E-state index in [2.05, 4.69) is 334 Å². The number of nitrogens with zero attached hydrogens (tertiary/aromatic N) is 8. The number of para-hydroxylation sites is 11. The molecule has 91 heavy (non-hydrogen) atoms. The minimum Gasteiger partial charge on any atom is -0.309 e. The van der Waals surface area contributed by atoms with Gasteiger partial charge in [0.15, 0.2) is 0 Å². The van der Waals surface area contributed by atoms with Gasteiger partial charge in [-0.1, -0.05) is 176 Å². The molecule has 0 bridgehead atoms. The van der Waals surface area contributed by atoms with E-state index in [1.54, 1.807) is 0 Å². The Morgan fingerprint density at radius 1 is 0.319 bits per heavy atom. The summed E-state index contributed by atoms with van der Waals surface area (Å²) < 4.78 is 11.9. The monoisotopic (exact) mass is 1170 g/mol. The van der Waals surface area contributed by atoms with Crippen LogP contribution in [0.4, 0.5) is 0 Å². The van der Waals surface area contributed by atoms with Crippen molar-refractivity contribution in [2.45, 2.75) is 26.2 Å². The van der Waals surface area contributed by atoms with E-state index in [1.165, 1.54) is 54.8 Å². The summed E-state index contributed by atoms with van der Waals surface area (Å²) in [5, 5.41) is 4.93. The molecule has 0 N–H and O–H groups in total. The Kier molecular flexibility index (Phi) is 12.0. The molecule has 1 aliphatic rings. The zero-order valence-electron chi connectivity index (χ0n) is 50.2. The first-order chi connectivity index (χ1) is 45.0. The number of fused-ring (bicyclic) bond motifs is 9. The molecule has 18 rings (SSSR count). The Bertz CT molecular complexity index is 5780. The highest BCUT2D eigenvalue weighted by Crippen LogP contribution is 2.45. The third-order valence-electron chi connectivity index (χ3n) is 18.7. The van der Waals surface area contributed by atoms with Crippen LogP contribution in [0.25, 0.3) is 139 Å². The maximum absolute atomic E-state index is 5.93. The highest BCUT2D eigenvalue weighted by Gasteiger charge is 2.31. The van der Waals surface area contributed by atoms with Gasteiger partial charge in [-0.15, -0.1) is 0 Å². The molecule has 0 radical (unpaired) electrons. The van der Waals surface area contributed by atoms with Crippen LogP contribution in [0.15, 0.2) is 297 Å². The molecule has 1 atom stereocenters. The van der Waals surface area contributed by atoms with Crippen molar-refractivity contribution in [2.24, 2.45) is 0 Å². The molecule has 430 valence electrons. The van der Waals surface area contributed by atoms with E-state index >= 15 is 0 Å². The number of imidazole rings is 3. The van der Waals surface area contributed by atoms with E-state index in [9.17, 15) is 0 Å². The highest BCUT2D eigenvalue weighted by molar-refractivity contribution is 6.12. The van der Waals surface area contributed by atoms with Crippen LogP contribution in [-0.4, -0.2) is 37.8 Å². The van der Waals surface area contributed by atoms with Crippen molar-refractivity contribution < 1.29 is 0 Å². The van der Waals surface area contributed by atoms with Gasteiger partial charge in [0.25, 0.3) is 0 Å². The third kappa shape index (κ3) is 8.40. The largest absolute Gasteiger partial charge is 0.309 e. The summed E-state index contributed by atoms with van der Waals surface area (Å²) in [6.45, 7) is 4.50. The topological polar surface area (TPSA) is 63.3 Å². The average molecular weight is 1170 g/mol. The molecule has 0 saturated carbocycles. The molecule has 1 aliphatic carbocycles. The SMILES string of the molecule is Cc1cc(-n2c3ccccc3c3ccccc32)ccc1-c1ccc(-n2c3ccccc3c3ccc(-c4cccc5c4nc(C4C=C(c6nc7ccccc7n6-c6ccccc6)C=C(c6nc7ccccc7n6-c6ccccc6)C4)n5-c4ccccc4)cc32)cc1C. The van der Waals surface area contributed by atoms with Crippen LogP contribution < -0.4 is 0 Å². The van der Waals surface area contributed by atoms with Crippen LogP contribution in [0.2, 0.25) is 0 Å². The van der Waals surface area contributed by atoms with Crippen LogP contribution in [-0.2, 0) is 0 Å².